The summed E-state index contributed by atoms with van der Waals surface area (Å²) in [5.74, 6) is 0.683. The Labute approximate surface area is 132 Å². The Morgan fingerprint density at radius 1 is 1.52 bits per heavy atom. The first-order valence-corrected chi connectivity index (χ1v) is 7.22. The van der Waals surface area contributed by atoms with Crippen LogP contribution in [-0.2, 0) is 16.6 Å². The molecule has 2 N–H and O–H groups in total. The van der Waals surface area contributed by atoms with Crippen LogP contribution in [0.15, 0.2) is 12.4 Å². The standard InChI is InChI=1S/C14H24N4O2.ClH/c1-15-13(12-9-17-18(2)10-12)14(19)16-6-3-11-4-7-20-8-5-11;/h9-11,13,15H,3-8H2,1-2H3,(H,16,19);1H. The summed E-state index contributed by atoms with van der Waals surface area (Å²) in [5.41, 5.74) is 0.888. The second-order valence-corrected chi connectivity index (χ2v) is 5.30. The van der Waals surface area contributed by atoms with Crippen LogP contribution in [0, 0.1) is 5.92 Å². The number of ether oxygens (including phenoxy) is 1. The molecule has 0 aliphatic carbocycles. The van der Waals surface area contributed by atoms with Crippen molar-refractivity contribution in [3.63, 3.8) is 0 Å². The molecule has 2 rings (SSSR count). The average Bonchev–Trinajstić information content (AvgIpc) is 2.87. The molecule has 0 spiro atoms. The van der Waals surface area contributed by atoms with Gasteiger partial charge in [0.1, 0.15) is 6.04 Å². The first-order chi connectivity index (χ1) is 9.70. The average molecular weight is 317 g/mol. The molecule has 1 amide bonds. The smallest absolute Gasteiger partial charge is 0.241 e. The van der Waals surface area contributed by atoms with Gasteiger partial charge in [0.25, 0.3) is 0 Å². The van der Waals surface area contributed by atoms with E-state index < -0.39 is 0 Å². The molecule has 0 saturated carbocycles. The van der Waals surface area contributed by atoms with Crippen molar-refractivity contribution in [2.24, 2.45) is 13.0 Å². The lowest BCUT2D eigenvalue weighted by atomic mass is 9.96. The molecular weight excluding hydrogens is 292 g/mol. The number of likely N-dealkylation sites (N-methyl/N-ethyl adjacent to an activating group) is 1. The fraction of sp³-hybridized carbons (Fsp3) is 0.714. The van der Waals surface area contributed by atoms with Crippen molar-refractivity contribution >= 4 is 18.3 Å². The van der Waals surface area contributed by atoms with Crippen LogP contribution >= 0.6 is 12.4 Å². The van der Waals surface area contributed by atoms with Crippen LogP contribution in [-0.4, -0.2) is 42.5 Å². The summed E-state index contributed by atoms with van der Waals surface area (Å²) in [6.45, 7) is 2.43. The zero-order valence-corrected chi connectivity index (χ0v) is 13.5. The van der Waals surface area contributed by atoms with Crippen LogP contribution < -0.4 is 10.6 Å². The van der Waals surface area contributed by atoms with Crippen molar-refractivity contribution in [3.05, 3.63) is 18.0 Å². The van der Waals surface area contributed by atoms with E-state index in [4.69, 9.17) is 4.74 Å². The van der Waals surface area contributed by atoms with Gasteiger partial charge in [0.05, 0.1) is 6.20 Å². The highest BCUT2D eigenvalue weighted by Gasteiger charge is 2.20. The quantitative estimate of drug-likeness (QED) is 0.823. The topological polar surface area (TPSA) is 68.2 Å². The molecule has 7 heteroatoms. The Morgan fingerprint density at radius 2 is 2.24 bits per heavy atom. The second-order valence-electron chi connectivity index (χ2n) is 5.30. The van der Waals surface area contributed by atoms with Crippen LogP contribution in [0.1, 0.15) is 30.9 Å². The molecule has 1 saturated heterocycles. The van der Waals surface area contributed by atoms with Crippen LogP contribution in [0.3, 0.4) is 0 Å². The molecule has 2 heterocycles. The number of nitrogens with one attached hydrogen (secondary N) is 2. The predicted octanol–water partition coefficient (Wildman–Crippen LogP) is 1.04. The maximum absolute atomic E-state index is 12.2. The van der Waals surface area contributed by atoms with E-state index in [0.717, 1.165) is 44.6 Å². The molecule has 1 atom stereocenters. The van der Waals surface area contributed by atoms with E-state index in [1.54, 1.807) is 17.9 Å². The molecule has 0 bridgehead atoms. The largest absolute Gasteiger partial charge is 0.381 e. The number of hydrogen-bond donors (Lipinski definition) is 2. The fourth-order valence-electron chi connectivity index (χ4n) is 2.57. The minimum atomic E-state index is -0.335. The number of nitrogens with zero attached hydrogens (tertiary/aromatic N) is 2. The predicted molar refractivity (Wildman–Crippen MR) is 83.4 cm³/mol. The van der Waals surface area contributed by atoms with Crippen LogP contribution in [0.25, 0.3) is 0 Å². The van der Waals surface area contributed by atoms with Crippen molar-refractivity contribution < 1.29 is 9.53 Å². The Hall–Kier alpha value is -1.11. The summed E-state index contributed by atoms with van der Waals surface area (Å²) in [5, 5.41) is 10.1. The van der Waals surface area contributed by atoms with Gasteiger partial charge in [0.2, 0.25) is 5.91 Å². The number of carbonyl (C=O) groups excluding carboxylic acids is 1. The number of halogens is 1. The normalized spacial score (nSPS) is 17.0. The van der Waals surface area contributed by atoms with E-state index in [9.17, 15) is 4.79 Å². The van der Waals surface area contributed by atoms with Crippen molar-refractivity contribution in [2.45, 2.75) is 25.3 Å². The highest BCUT2D eigenvalue weighted by Crippen LogP contribution is 2.18. The lowest BCUT2D eigenvalue weighted by molar-refractivity contribution is -0.123. The molecule has 1 unspecified atom stereocenters. The molecule has 1 aliphatic heterocycles. The van der Waals surface area contributed by atoms with E-state index >= 15 is 0 Å². The van der Waals surface area contributed by atoms with E-state index in [0.29, 0.717) is 5.92 Å². The minimum Gasteiger partial charge on any atom is -0.381 e. The van der Waals surface area contributed by atoms with Gasteiger partial charge in [-0.25, -0.2) is 0 Å². The fourth-order valence-corrected chi connectivity index (χ4v) is 2.57. The van der Waals surface area contributed by atoms with E-state index in [2.05, 4.69) is 15.7 Å². The maximum atomic E-state index is 12.2. The first-order valence-electron chi connectivity index (χ1n) is 7.22. The third kappa shape index (κ3) is 5.30. The lowest BCUT2D eigenvalue weighted by Gasteiger charge is -2.22. The van der Waals surface area contributed by atoms with E-state index in [1.165, 1.54) is 0 Å². The molecular formula is C14H25ClN4O2. The summed E-state index contributed by atoms with van der Waals surface area (Å²) < 4.78 is 7.04. The third-order valence-corrected chi connectivity index (χ3v) is 3.80. The van der Waals surface area contributed by atoms with Gasteiger partial charge in [0, 0.05) is 38.6 Å². The van der Waals surface area contributed by atoms with Crippen molar-refractivity contribution in [1.82, 2.24) is 20.4 Å². The SMILES string of the molecule is CNC(C(=O)NCCC1CCOCC1)c1cnn(C)c1.Cl. The number of amides is 1. The molecule has 0 aromatic carbocycles. The summed E-state index contributed by atoms with van der Waals surface area (Å²) in [6.07, 6.45) is 6.82. The second kappa shape index (κ2) is 9.02. The molecule has 1 aliphatic rings. The summed E-state index contributed by atoms with van der Waals surface area (Å²) in [4.78, 5) is 12.2. The van der Waals surface area contributed by atoms with Gasteiger partial charge in [-0.05, 0) is 32.2 Å². The number of aryl methyl sites for hydroxylation is 1. The first kappa shape index (κ1) is 17.9. The Kier molecular flexibility index (Phi) is 7.71. The van der Waals surface area contributed by atoms with E-state index in [1.807, 2.05) is 13.2 Å². The highest BCUT2D eigenvalue weighted by molar-refractivity contribution is 5.85. The third-order valence-electron chi connectivity index (χ3n) is 3.80. The van der Waals surface area contributed by atoms with Crippen molar-refractivity contribution in [1.29, 1.82) is 0 Å². The molecule has 1 fully saturated rings. The van der Waals surface area contributed by atoms with Gasteiger partial charge in [-0.2, -0.15) is 5.10 Å². The zero-order valence-electron chi connectivity index (χ0n) is 12.7. The highest BCUT2D eigenvalue weighted by atomic mass is 35.5. The van der Waals surface area contributed by atoms with Crippen molar-refractivity contribution in [3.8, 4) is 0 Å². The minimum absolute atomic E-state index is 0. The van der Waals surface area contributed by atoms with Gasteiger partial charge in [-0.3, -0.25) is 9.48 Å². The van der Waals surface area contributed by atoms with E-state index in [-0.39, 0.29) is 24.4 Å². The van der Waals surface area contributed by atoms with Gasteiger partial charge in [-0.1, -0.05) is 0 Å². The van der Waals surface area contributed by atoms with Gasteiger partial charge in [0.15, 0.2) is 0 Å². The van der Waals surface area contributed by atoms with Crippen LogP contribution in [0.4, 0.5) is 0 Å². The molecule has 1 aromatic heterocycles. The molecule has 1 aromatic rings. The maximum Gasteiger partial charge on any atom is 0.241 e. The van der Waals surface area contributed by atoms with Crippen LogP contribution in [0.2, 0.25) is 0 Å². The number of carbonyl (C=O) groups is 1. The van der Waals surface area contributed by atoms with Crippen molar-refractivity contribution in [2.75, 3.05) is 26.8 Å². The lowest BCUT2D eigenvalue weighted by Crippen LogP contribution is -2.37. The summed E-state index contributed by atoms with van der Waals surface area (Å²) in [7, 11) is 3.63. The molecule has 120 valence electrons. The molecule has 0 radical (unpaired) electrons. The van der Waals surface area contributed by atoms with Crippen LogP contribution in [0.5, 0.6) is 0 Å². The zero-order chi connectivity index (χ0) is 14.4. The van der Waals surface area contributed by atoms with Gasteiger partial charge >= 0.3 is 0 Å². The Balaban J connectivity index is 0.00000220. The summed E-state index contributed by atoms with van der Waals surface area (Å²) in [6, 6.07) is -0.335. The molecule has 6 nitrogen and oxygen atoms in total. The number of aromatic nitrogens is 2. The Bertz CT molecular complexity index is 432. The number of rotatable bonds is 6. The monoisotopic (exact) mass is 316 g/mol. The summed E-state index contributed by atoms with van der Waals surface area (Å²) >= 11 is 0. The molecule has 21 heavy (non-hydrogen) atoms. The van der Waals surface area contributed by atoms with Gasteiger partial charge in [-0.15, -0.1) is 12.4 Å². The Morgan fingerprint density at radius 3 is 2.81 bits per heavy atom. The number of hydrogen-bond acceptors (Lipinski definition) is 4. The van der Waals surface area contributed by atoms with Gasteiger partial charge < -0.3 is 15.4 Å².